The Morgan fingerprint density at radius 1 is 1.15 bits per heavy atom. The van der Waals surface area contributed by atoms with Crippen LogP contribution in [-0.4, -0.2) is 41.6 Å². The molecule has 26 heavy (non-hydrogen) atoms. The van der Waals surface area contributed by atoms with Crippen molar-refractivity contribution in [2.75, 3.05) is 20.3 Å². The predicted octanol–water partition coefficient (Wildman–Crippen LogP) is 2.51. The standard InChI is InChI=1S/C20H18N2O4/c1-25-18-8-7-16-17(19(18)13-5-3-2-4-6-13)9-14(10-21)22-20(16)26-12-15(24)11-23/h2-9,15,23-24H,11-12H2,1H3. The number of aliphatic hydroxyl groups is 2. The maximum Gasteiger partial charge on any atom is 0.222 e. The highest BCUT2D eigenvalue weighted by molar-refractivity contribution is 6.02. The van der Waals surface area contributed by atoms with Gasteiger partial charge in [-0.05, 0) is 23.8 Å². The van der Waals surface area contributed by atoms with Crippen molar-refractivity contribution in [2.45, 2.75) is 6.10 Å². The number of ether oxygens (including phenoxy) is 2. The summed E-state index contributed by atoms with van der Waals surface area (Å²) >= 11 is 0. The molecule has 3 aromatic rings. The van der Waals surface area contributed by atoms with Gasteiger partial charge in [-0.1, -0.05) is 30.3 Å². The number of nitrogens with zero attached hydrogens (tertiary/aromatic N) is 2. The Balaban J connectivity index is 2.24. The average molecular weight is 350 g/mol. The minimum Gasteiger partial charge on any atom is -0.496 e. The molecule has 2 N–H and O–H groups in total. The molecule has 0 aliphatic rings. The second-order valence-electron chi connectivity index (χ2n) is 5.68. The molecule has 6 heteroatoms. The van der Waals surface area contributed by atoms with Gasteiger partial charge < -0.3 is 19.7 Å². The molecule has 3 rings (SSSR count). The Morgan fingerprint density at radius 3 is 2.58 bits per heavy atom. The maximum absolute atomic E-state index is 9.54. The van der Waals surface area contributed by atoms with Crippen molar-refractivity contribution in [1.29, 1.82) is 5.26 Å². The van der Waals surface area contributed by atoms with Crippen LogP contribution < -0.4 is 9.47 Å². The number of nitriles is 1. The van der Waals surface area contributed by atoms with E-state index in [1.54, 1.807) is 19.2 Å². The average Bonchev–Trinajstić information content (AvgIpc) is 2.70. The molecule has 0 spiro atoms. The van der Waals surface area contributed by atoms with E-state index >= 15 is 0 Å². The maximum atomic E-state index is 9.54. The highest BCUT2D eigenvalue weighted by Crippen LogP contribution is 2.39. The highest BCUT2D eigenvalue weighted by Gasteiger charge is 2.16. The van der Waals surface area contributed by atoms with Gasteiger partial charge in [-0.25, -0.2) is 4.98 Å². The summed E-state index contributed by atoms with van der Waals surface area (Å²) in [6.07, 6.45) is -1.02. The summed E-state index contributed by atoms with van der Waals surface area (Å²) < 4.78 is 11.1. The molecule has 0 aliphatic heterocycles. The molecule has 0 saturated heterocycles. The predicted molar refractivity (Wildman–Crippen MR) is 97.0 cm³/mol. The molecule has 2 aromatic carbocycles. The Bertz CT molecular complexity index is 951. The lowest BCUT2D eigenvalue weighted by Gasteiger charge is -2.16. The third-order valence-electron chi connectivity index (χ3n) is 3.96. The molecule has 1 atom stereocenters. The minimum atomic E-state index is -1.02. The van der Waals surface area contributed by atoms with Crippen molar-refractivity contribution < 1.29 is 19.7 Å². The van der Waals surface area contributed by atoms with Gasteiger partial charge in [0, 0.05) is 16.3 Å². The molecule has 0 saturated carbocycles. The Labute approximate surface area is 150 Å². The SMILES string of the molecule is COc1ccc2c(OCC(O)CO)nc(C#N)cc2c1-c1ccccc1. The van der Waals surface area contributed by atoms with Crippen LogP contribution in [0, 0.1) is 11.3 Å². The third kappa shape index (κ3) is 3.45. The zero-order chi connectivity index (χ0) is 18.5. The first kappa shape index (κ1) is 17.7. The molecule has 0 radical (unpaired) electrons. The van der Waals surface area contributed by atoms with Crippen LogP contribution in [0.1, 0.15) is 5.69 Å². The summed E-state index contributed by atoms with van der Waals surface area (Å²) in [4.78, 5) is 4.20. The van der Waals surface area contributed by atoms with Crippen LogP contribution in [0.4, 0.5) is 0 Å². The molecule has 0 fully saturated rings. The fourth-order valence-corrected chi connectivity index (χ4v) is 2.74. The quantitative estimate of drug-likeness (QED) is 0.709. The first-order chi connectivity index (χ1) is 12.7. The van der Waals surface area contributed by atoms with Crippen molar-refractivity contribution >= 4 is 10.8 Å². The number of benzene rings is 2. The molecule has 1 aromatic heterocycles. The lowest BCUT2D eigenvalue weighted by Crippen LogP contribution is -2.21. The second kappa shape index (κ2) is 7.83. The van der Waals surface area contributed by atoms with E-state index in [1.807, 2.05) is 42.5 Å². The van der Waals surface area contributed by atoms with Crippen LogP contribution >= 0.6 is 0 Å². The van der Waals surface area contributed by atoms with Gasteiger partial charge in [0.05, 0.1) is 13.7 Å². The number of hydrogen-bond donors (Lipinski definition) is 2. The van der Waals surface area contributed by atoms with Crippen molar-refractivity contribution in [3.8, 4) is 28.8 Å². The highest BCUT2D eigenvalue weighted by atomic mass is 16.5. The second-order valence-corrected chi connectivity index (χ2v) is 5.68. The summed E-state index contributed by atoms with van der Waals surface area (Å²) in [5.41, 5.74) is 1.96. The van der Waals surface area contributed by atoms with Gasteiger partial charge in [0.1, 0.15) is 30.2 Å². The van der Waals surface area contributed by atoms with Crippen LogP contribution in [0.5, 0.6) is 11.6 Å². The molecule has 0 bridgehead atoms. The molecule has 1 heterocycles. The van der Waals surface area contributed by atoms with Gasteiger partial charge in [0.25, 0.3) is 0 Å². The van der Waals surface area contributed by atoms with E-state index in [0.29, 0.717) is 11.1 Å². The zero-order valence-corrected chi connectivity index (χ0v) is 14.2. The number of pyridine rings is 1. The lowest BCUT2D eigenvalue weighted by atomic mass is 9.97. The molecule has 0 amide bonds. The normalized spacial score (nSPS) is 11.8. The Hall–Kier alpha value is -3.14. The third-order valence-corrected chi connectivity index (χ3v) is 3.96. The Kier molecular flexibility index (Phi) is 5.32. The monoisotopic (exact) mass is 350 g/mol. The first-order valence-corrected chi connectivity index (χ1v) is 8.07. The number of fused-ring (bicyclic) bond motifs is 1. The van der Waals surface area contributed by atoms with Crippen molar-refractivity contribution in [1.82, 2.24) is 4.98 Å². The summed E-state index contributed by atoms with van der Waals surface area (Å²) in [6, 6.07) is 17.0. The molecular weight excluding hydrogens is 332 g/mol. The van der Waals surface area contributed by atoms with Crippen molar-refractivity contribution in [3.63, 3.8) is 0 Å². The van der Waals surface area contributed by atoms with Gasteiger partial charge in [-0.15, -0.1) is 0 Å². The van der Waals surface area contributed by atoms with E-state index in [-0.39, 0.29) is 18.2 Å². The number of aliphatic hydroxyl groups excluding tert-OH is 2. The topological polar surface area (TPSA) is 95.6 Å². The van der Waals surface area contributed by atoms with Gasteiger partial charge in [-0.3, -0.25) is 0 Å². The largest absolute Gasteiger partial charge is 0.496 e. The zero-order valence-electron chi connectivity index (χ0n) is 14.2. The van der Waals surface area contributed by atoms with Crippen LogP contribution in [0.2, 0.25) is 0 Å². The van der Waals surface area contributed by atoms with E-state index in [1.165, 1.54) is 0 Å². The van der Waals surface area contributed by atoms with E-state index in [2.05, 4.69) is 4.98 Å². The summed E-state index contributed by atoms with van der Waals surface area (Å²) in [5, 5.41) is 29.3. The van der Waals surface area contributed by atoms with Crippen LogP contribution in [0.15, 0.2) is 48.5 Å². The van der Waals surface area contributed by atoms with E-state index in [0.717, 1.165) is 16.5 Å². The first-order valence-electron chi connectivity index (χ1n) is 8.07. The minimum absolute atomic E-state index is 0.125. The number of hydrogen-bond acceptors (Lipinski definition) is 6. The van der Waals surface area contributed by atoms with Crippen molar-refractivity contribution in [3.05, 3.63) is 54.2 Å². The molecule has 1 unspecified atom stereocenters. The van der Waals surface area contributed by atoms with E-state index < -0.39 is 12.7 Å². The van der Waals surface area contributed by atoms with E-state index in [9.17, 15) is 10.4 Å². The number of rotatable bonds is 6. The summed E-state index contributed by atoms with van der Waals surface area (Å²) in [7, 11) is 1.59. The fraction of sp³-hybridized carbons (Fsp3) is 0.200. The van der Waals surface area contributed by atoms with Crippen LogP contribution in [0.25, 0.3) is 21.9 Å². The molecule has 6 nitrogen and oxygen atoms in total. The van der Waals surface area contributed by atoms with Gasteiger partial charge in [0.15, 0.2) is 0 Å². The van der Waals surface area contributed by atoms with E-state index in [4.69, 9.17) is 14.6 Å². The smallest absolute Gasteiger partial charge is 0.222 e. The van der Waals surface area contributed by atoms with Gasteiger partial charge in [-0.2, -0.15) is 5.26 Å². The number of methoxy groups -OCH3 is 1. The molecule has 0 aliphatic carbocycles. The Morgan fingerprint density at radius 2 is 1.92 bits per heavy atom. The van der Waals surface area contributed by atoms with Crippen LogP contribution in [0.3, 0.4) is 0 Å². The molecular formula is C20H18N2O4. The van der Waals surface area contributed by atoms with Gasteiger partial charge >= 0.3 is 0 Å². The summed E-state index contributed by atoms with van der Waals surface area (Å²) in [5.74, 6) is 0.895. The van der Waals surface area contributed by atoms with Crippen molar-refractivity contribution in [2.24, 2.45) is 0 Å². The van der Waals surface area contributed by atoms with Crippen LogP contribution in [-0.2, 0) is 0 Å². The fourth-order valence-electron chi connectivity index (χ4n) is 2.74. The number of aromatic nitrogens is 1. The van der Waals surface area contributed by atoms with Gasteiger partial charge in [0.2, 0.25) is 5.88 Å². The summed E-state index contributed by atoms with van der Waals surface area (Å²) in [6.45, 7) is -0.543. The molecule has 132 valence electrons. The lowest BCUT2D eigenvalue weighted by molar-refractivity contribution is 0.0526.